The number of aromatic nitrogens is 2. The summed E-state index contributed by atoms with van der Waals surface area (Å²) in [6, 6.07) is 18.0. The maximum absolute atomic E-state index is 9.08. The van der Waals surface area contributed by atoms with Crippen molar-refractivity contribution in [3.63, 3.8) is 0 Å². The normalized spacial score (nSPS) is 10.5. The van der Waals surface area contributed by atoms with Crippen LogP contribution in [0, 0.1) is 0 Å². The van der Waals surface area contributed by atoms with E-state index in [9.17, 15) is 0 Å². The van der Waals surface area contributed by atoms with E-state index in [1.54, 1.807) is 10.9 Å². The van der Waals surface area contributed by atoms with Crippen molar-refractivity contribution in [2.45, 2.75) is 0 Å². The average molecular weight is 264 g/mol. The van der Waals surface area contributed by atoms with E-state index < -0.39 is 7.12 Å². The van der Waals surface area contributed by atoms with Gasteiger partial charge in [-0.3, -0.25) is 0 Å². The van der Waals surface area contributed by atoms with E-state index in [4.69, 9.17) is 10.0 Å². The monoisotopic (exact) mass is 264 g/mol. The van der Waals surface area contributed by atoms with Crippen molar-refractivity contribution in [1.29, 1.82) is 0 Å². The maximum atomic E-state index is 9.08. The fourth-order valence-corrected chi connectivity index (χ4v) is 2.05. The molecule has 0 aliphatic carbocycles. The Hall–Kier alpha value is -2.37. The number of hydrogen-bond donors (Lipinski definition) is 2. The fraction of sp³-hybridized carbons (Fsp3) is 0. The Morgan fingerprint density at radius 1 is 0.850 bits per heavy atom. The van der Waals surface area contributed by atoms with E-state index in [2.05, 4.69) is 17.2 Å². The zero-order valence-electron chi connectivity index (χ0n) is 10.7. The lowest BCUT2D eigenvalue weighted by atomic mass is 9.83. The van der Waals surface area contributed by atoms with Crippen LogP contribution in [0.3, 0.4) is 0 Å². The van der Waals surface area contributed by atoms with Gasteiger partial charge in [-0.2, -0.15) is 5.10 Å². The van der Waals surface area contributed by atoms with Gasteiger partial charge >= 0.3 is 7.12 Å². The molecule has 1 aromatic heterocycles. The van der Waals surface area contributed by atoms with Crippen LogP contribution >= 0.6 is 0 Å². The summed E-state index contributed by atoms with van der Waals surface area (Å²) in [6.07, 6.45) is 3.04. The van der Waals surface area contributed by atoms with Crippen LogP contribution in [0.2, 0.25) is 0 Å². The topological polar surface area (TPSA) is 58.3 Å². The number of rotatable bonds is 3. The Labute approximate surface area is 117 Å². The molecule has 0 aliphatic heterocycles. The van der Waals surface area contributed by atoms with Gasteiger partial charge in [-0.25, -0.2) is 4.68 Å². The van der Waals surface area contributed by atoms with Gasteiger partial charge in [-0.1, -0.05) is 42.5 Å². The maximum Gasteiger partial charge on any atom is 0.491 e. The Bertz CT molecular complexity index is 693. The molecular formula is C15H13BN2O2. The molecule has 0 atom stereocenters. The molecule has 3 aromatic rings. The zero-order valence-corrected chi connectivity index (χ0v) is 10.7. The molecule has 0 fully saturated rings. The minimum absolute atomic E-state index is 0.372. The molecule has 98 valence electrons. The van der Waals surface area contributed by atoms with E-state index in [-0.39, 0.29) is 0 Å². The lowest BCUT2D eigenvalue weighted by Gasteiger charge is -2.04. The highest BCUT2D eigenvalue weighted by Crippen LogP contribution is 2.20. The molecular weight excluding hydrogens is 251 g/mol. The molecule has 2 aromatic carbocycles. The summed E-state index contributed by atoms with van der Waals surface area (Å²) in [6.45, 7) is 0. The van der Waals surface area contributed by atoms with Crippen LogP contribution in [0.1, 0.15) is 0 Å². The summed E-state index contributed by atoms with van der Waals surface area (Å²) < 4.78 is 1.61. The van der Waals surface area contributed by atoms with Gasteiger partial charge in [0.2, 0.25) is 0 Å². The molecule has 0 saturated carbocycles. The van der Waals surface area contributed by atoms with Gasteiger partial charge < -0.3 is 10.0 Å². The average Bonchev–Trinajstić information content (AvgIpc) is 2.98. The Balaban J connectivity index is 1.89. The summed E-state index contributed by atoms with van der Waals surface area (Å²) >= 11 is 0. The molecule has 0 unspecified atom stereocenters. The quantitative estimate of drug-likeness (QED) is 0.699. The Morgan fingerprint density at radius 2 is 1.50 bits per heavy atom. The first-order valence-electron chi connectivity index (χ1n) is 6.30. The second-order valence-electron chi connectivity index (χ2n) is 4.50. The molecule has 0 amide bonds. The molecule has 0 radical (unpaired) electrons. The predicted octanol–water partition coefficient (Wildman–Crippen LogP) is 1.22. The minimum Gasteiger partial charge on any atom is -0.423 e. The predicted molar refractivity (Wildman–Crippen MR) is 78.8 cm³/mol. The standard InChI is InChI=1S/C15H13BN2O2/c19-16(20)14-10-17-18(11-14)15-8-6-13(7-9-15)12-4-2-1-3-5-12/h1-11,19-20H. The summed E-state index contributed by atoms with van der Waals surface area (Å²) in [4.78, 5) is 0. The molecule has 0 spiro atoms. The summed E-state index contributed by atoms with van der Waals surface area (Å²) in [7, 11) is -1.49. The summed E-state index contributed by atoms with van der Waals surface area (Å²) in [5.41, 5.74) is 3.53. The Kier molecular flexibility index (Phi) is 3.37. The largest absolute Gasteiger partial charge is 0.491 e. The molecule has 4 nitrogen and oxygen atoms in total. The molecule has 20 heavy (non-hydrogen) atoms. The van der Waals surface area contributed by atoms with Gasteiger partial charge in [0.15, 0.2) is 0 Å². The van der Waals surface area contributed by atoms with Crippen LogP contribution in [0.15, 0.2) is 67.0 Å². The third-order valence-corrected chi connectivity index (χ3v) is 3.14. The molecule has 1 heterocycles. The molecule has 0 bridgehead atoms. The zero-order chi connectivity index (χ0) is 13.9. The minimum atomic E-state index is -1.49. The van der Waals surface area contributed by atoms with Crippen LogP contribution in [-0.4, -0.2) is 26.9 Å². The first-order chi connectivity index (χ1) is 9.74. The molecule has 0 aliphatic rings. The second kappa shape index (κ2) is 5.32. The van der Waals surface area contributed by atoms with Crippen molar-refractivity contribution in [3.8, 4) is 16.8 Å². The third-order valence-electron chi connectivity index (χ3n) is 3.14. The van der Waals surface area contributed by atoms with Crippen molar-refractivity contribution >= 4 is 12.6 Å². The van der Waals surface area contributed by atoms with E-state index in [0.29, 0.717) is 5.46 Å². The van der Waals surface area contributed by atoms with Crippen molar-refractivity contribution in [3.05, 3.63) is 67.0 Å². The van der Waals surface area contributed by atoms with Gasteiger partial charge in [0, 0.05) is 17.9 Å². The van der Waals surface area contributed by atoms with Crippen LogP contribution < -0.4 is 5.46 Å². The van der Waals surface area contributed by atoms with Gasteiger partial charge in [0.25, 0.3) is 0 Å². The van der Waals surface area contributed by atoms with Gasteiger partial charge in [-0.05, 0) is 23.3 Å². The fourth-order valence-electron chi connectivity index (χ4n) is 2.05. The van der Waals surface area contributed by atoms with Crippen LogP contribution in [0.25, 0.3) is 16.8 Å². The van der Waals surface area contributed by atoms with Crippen LogP contribution in [0.5, 0.6) is 0 Å². The second-order valence-corrected chi connectivity index (χ2v) is 4.50. The van der Waals surface area contributed by atoms with E-state index >= 15 is 0 Å². The van der Waals surface area contributed by atoms with Crippen LogP contribution in [-0.2, 0) is 0 Å². The van der Waals surface area contributed by atoms with E-state index in [1.807, 2.05) is 42.5 Å². The number of hydrogen-bond acceptors (Lipinski definition) is 3. The number of benzene rings is 2. The van der Waals surface area contributed by atoms with Crippen molar-refractivity contribution in [1.82, 2.24) is 9.78 Å². The highest BCUT2D eigenvalue weighted by Gasteiger charge is 2.13. The Morgan fingerprint density at radius 3 is 2.10 bits per heavy atom. The molecule has 2 N–H and O–H groups in total. The lowest BCUT2D eigenvalue weighted by Crippen LogP contribution is -2.28. The van der Waals surface area contributed by atoms with Gasteiger partial charge in [0.1, 0.15) is 0 Å². The highest BCUT2D eigenvalue weighted by molar-refractivity contribution is 6.58. The van der Waals surface area contributed by atoms with Crippen molar-refractivity contribution in [2.75, 3.05) is 0 Å². The molecule has 0 saturated heterocycles. The highest BCUT2D eigenvalue weighted by atomic mass is 16.4. The number of nitrogens with zero attached hydrogens (tertiary/aromatic N) is 2. The first kappa shape index (κ1) is 12.7. The summed E-state index contributed by atoms with van der Waals surface area (Å²) in [5.74, 6) is 0. The molecule has 3 rings (SSSR count). The van der Waals surface area contributed by atoms with Crippen molar-refractivity contribution < 1.29 is 10.0 Å². The third kappa shape index (κ3) is 2.50. The van der Waals surface area contributed by atoms with Gasteiger partial charge in [0.05, 0.1) is 5.69 Å². The molecule has 5 heteroatoms. The van der Waals surface area contributed by atoms with Gasteiger partial charge in [-0.15, -0.1) is 0 Å². The smallest absolute Gasteiger partial charge is 0.423 e. The van der Waals surface area contributed by atoms with E-state index in [0.717, 1.165) is 16.8 Å². The SMILES string of the molecule is OB(O)c1cnn(-c2ccc(-c3ccccc3)cc2)c1. The van der Waals surface area contributed by atoms with E-state index in [1.165, 1.54) is 6.20 Å². The summed E-state index contributed by atoms with van der Waals surface area (Å²) in [5, 5.41) is 22.3. The first-order valence-corrected chi connectivity index (χ1v) is 6.30. The lowest BCUT2D eigenvalue weighted by molar-refractivity contribution is 0.426. The van der Waals surface area contributed by atoms with Crippen molar-refractivity contribution in [2.24, 2.45) is 0 Å². The van der Waals surface area contributed by atoms with Crippen LogP contribution in [0.4, 0.5) is 0 Å².